The number of hydrogen-bond acceptors (Lipinski definition) is 2. The fraction of sp³-hybridized carbons (Fsp3) is 0.800. The summed E-state index contributed by atoms with van der Waals surface area (Å²) in [6.45, 7) is 9.86. The highest BCUT2D eigenvalue weighted by Gasteiger charge is 2.18. The van der Waals surface area contributed by atoms with Crippen LogP contribution in [-0.4, -0.2) is 15.8 Å². The summed E-state index contributed by atoms with van der Waals surface area (Å²) in [5.74, 6) is 0.923. The number of rotatable bonds is 3. The zero-order valence-electron chi connectivity index (χ0n) is 12.2. The first-order valence-electron chi connectivity index (χ1n) is 7.22. The van der Waals surface area contributed by atoms with E-state index in [1.54, 1.807) is 0 Å². The van der Waals surface area contributed by atoms with Crippen LogP contribution >= 0.6 is 0 Å². The molecule has 1 saturated carbocycles. The zero-order valence-corrected chi connectivity index (χ0v) is 12.2. The Morgan fingerprint density at radius 2 is 1.94 bits per heavy atom. The maximum Gasteiger partial charge on any atom is 0.0543 e. The molecule has 0 aromatic carbocycles. The zero-order chi connectivity index (χ0) is 13.2. The minimum atomic E-state index is 0.0819. The Bertz CT molecular complexity index is 367. The van der Waals surface area contributed by atoms with Gasteiger partial charge < -0.3 is 5.32 Å². The van der Waals surface area contributed by atoms with Gasteiger partial charge in [-0.2, -0.15) is 5.10 Å². The molecule has 0 atom stereocenters. The predicted octanol–water partition coefficient (Wildman–Crippen LogP) is 3.31. The summed E-state index contributed by atoms with van der Waals surface area (Å²) in [5, 5.41) is 8.11. The third kappa shape index (κ3) is 3.58. The molecule has 0 radical (unpaired) electrons. The van der Waals surface area contributed by atoms with Crippen LogP contribution in [0.2, 0.25) is 0 Å². The number of aromatic nitrogens is 2. The monoisotopic (exact) mass is 249 g/mol. The third-order valence-corrected chi connectivity index (χ3v) is 3.93. The molecule has 1 aromatic rings. The van der Waals surface area contributed by atoms with Crippen molar-refractivity contribution >= 4 is 0 Å². The fourth-order valence-corrected chi connectivity index (χ4v) is 2.54. The first-order valence-corrected chi connectivity index (χ1v) is 7.22. The first-order chi connectivity index (χ1) is 8.45. The quantitative estimate of drug-likeness (QED) is 0.890. The molecule has 102 valence electrons. The van der Waals surface area contributed by atoms with Crippen molar-refractivity contribution in [3.05, 3.63) is 18.0 Å². The Morgan fingerprint density at radius 1 is 1.28 bits per heavy atom. The van der Waals surface area contributed by atoms with Crippen molar-refractivity contribution < 1.29 is 0 Å². The third-order valence-electron chi connectivity index (χ3n) is 3.93. The van der Waals surface area contributed by atoms with E-state index >= 15 is 0 Å². The van der Waals surface area contributed by atoms with Gasteiger partial charge in [0.05, 0.1) is 11.7 Å². The van der Waals surface area contributed by atoms with Crippen LogP contribution in [0.4, 0.5) is 0 Å². The van der Waals surface area contributed by atoms with Gasteiger partial charge in [0, 0.05) is 24.3 Å². The van der Waals surface area contributed by atoms with E-state index in [2.05, 4.69) is 44.3 Å². The van der Waals surface area contributed by atoms with E-state index in [0.29, 0.717) is 6.04 Å². The van der Waals surface area contributed by atoms with Crippen LogP contribution in [0.1, 0.15) is 58.9 Å². The lowest BCUT2D eigenvalue weighted by Crippen LogP contribution is -2.32. The number of nitrogens with one attached hydrogen (secondary N) is 1. The van der Waals surface area contributed by atoms with Gasteiger partial charge in [0.1, 0.15) is 0 Å². The highest BCUT2D eigenvalue weighted by atomic mass is 15.3. The number of hydrogen-bond donors (Lipinski definition) is 1. The van der Waals surface area contributed by atoms with Crippen LogP contribution in [0.15, 0.2) is 12.4 Å². The van der Waals surface area contributed by atoms with E-state index in [-0.39, 0.29) is 5.54 Å². The van der Waals surface area contributed by atoms with E-state index in [1.807, 2.05) is 10.9 Å². The van der Waals surface area contributed by atoms with Gasteiger partial charge in [-0.25, -0.2) is 0 Å². The summed E-state index contributed by atoms with van der Waals surface area (Å²) >= 11 is 0. The van der Waals surface area contributed by atoms with Crippen molar-refractivity contribution in [3.63, 3.8) is 0 Å². The Hall–Kier alpha value is -0.830. The Labute approximate surface area is 111 Å². The highest BCUT2D eigenvalue weighted by Crippen LogP contribution is 2.23. The van der Waals surface area contributed by atoms with Gasteiger partial charge in [0.25, 0.3) is 0 Å². The molecule has 0 bridgehead atoms. The molecule has 18 heavy (non-hydrogen) atoms. The molecule has 0 saturated heterocycles. The normalized spacial score (nSPS) is 25.3. The molecule has 1 aromatic heterocycles. The molecule has 1 fully saturated rings. The van der Waals surface area contributed by atoms with Crippen LogP contribution < -0.4 is 5.32 Å². The summed E-state index contributed by atoms with van der Waals surface area (Å²) in [7, 11) is 0. The molecule has 0 unspecified atom stereocenters. The van der Waals surface area contributed by atoms with Crippen molar-refractivity contribution in [1.82, 2.24) is 15.1 Å². The Balaban J connectivity index is 1.82. The van der Waals surface area contributed by atoms with Crippen LogP contribution in [-0.2, 0) is 12.1 Å². The molecular formula is C15H27N3. The van der Waals surface area contributed by atoms with Crippen molar-refractivity contribution in [2.24, 2.45) is 5.92 Å². The summed E-state index contributed by atoms with van der Waals surface area (Å²) in [5.41, 5.74) is 1.38. The molecular weight excluding hydrogens is 222 g/mol. The molecule has 0 amide bonds. The maximum absolute atomic E-state index is 4.44. The minimum Gasteiger partial charge on any atom is -0.310 e. The van der Waals surface area contributed by atoms with E-state index in [1.165, 1.54) is 31.2 Å². The fourth-order valence-electron chi connectivity index (χ4n) is 2.54. The Morgan fingerprint density at radius 3 is 2.50 bits per heavy atom. The van der Waals surface area contributed by atoms with Crippen LogP contribution in [0.25, 0.3) is 0 Å². The summed E-state index contributed by atoms with van der Waals surface area (Å²) < 4.78 is 2.05. The molecule has 0 aliphatic heterocycles. The van der Waals surface area contributed by atoms with Crippen molar-refractivity contribution in [2.75, 3.05) is 0 Å². The molecule has 1 N–H and O–H groups in total. The van der Waals surface area contributed by atoms with Crippen LogP contribution in [0, 0.1) is 5.92 Å². The second-order valence-electron chi connectivity index (χ2n) is 6.80. The lowest BCUT2D eigenvalue weighted by Gasteiger charge is -2.26. The van der Waals surface area contributed by atoms with Crippen LogP contribution in [0.5, 0.6) is 0 Å². The molecule has 1 heterocycles. The molecule has 3 nitrogen and oxygen atoms in total. The second kappa shape index (κ2) is 5.43. The average Bonchev–Trinajstić information content (AvgIpc) is 2.77. The van der Waals surface area contributed by atoms with E-state index in [9.17, 15) is 0 Å². The van der Waals surface area contributed by atoms with Crippen molar-refractivity contribution in [3.8, 4) is 0 Å². The lowest BCUT2D eigenvalue weighted by molar-refractivity contribution is 0.306. The molecule has 2 rings (SSSR count). The Kier molecular flexibility index (Phi) is 4.10. The van der Waals surface area contributed by atoms with Gasteiger partial charge in [-0.05, 0) is 52.4 Å². The molecule has 1 aliphatic rings. The van der Waals surface area contributed by atoms with Gasteiger partial charge in [-0.15, -0.1) is 0 Å². The van der Waals surface area contributed by atoms with Gasteiger partial charge in [0.2, 0.25) is 0 Å². The minimum absolute atomic E-state index is 0.0819. The standard InChI is InChI=1S/C15H27N3/c1-12-5-7-14(8-6-12)16-9-13-10-17-18(11-13)15(2,3)4/h10-12,14,16H,5-9H2,1-4H3. The van der Waals surface area contributed by atoms with E-state index < -0.39 is 0 Å². The number of nitrogens with zero attached hydrogens (tertiary/aromatic N) is 2. The van der Waals surface area contributed by atoms with Gasteiger partial charge in [0.15, 0.2) is 0 Å². The lowest BCUT2D eigenvalue weighted by atomic mass is 9.87. The topological polar surface area (TPSA) is 29.9 Å². The largest absolute Gasteiger partial charge is 0.310 e. The summed E-state index contributed by atoms with van der Waals surface area (Å²) in [6, 6.07) is 0.708. The summed E-state index contributed by atoms with van der Waals surface area (Å²) in [4.78, 5) is 0. The second-order valence-corrected chi connectivity index (χ2v) is 6.80. The van der Waals surface area contributed by atoms with Gasteiger partial charge in [-0.3, -0.25) is 4.68 Å². The van der Waals surface area contributed by atoms with Crippen LogP contribution in [0.3, 0.4) is 0 Å². The maximum atomic E-state index is 4.44. The average molecular weight is 249 g/mol. The SMILES string of the molecule is CC1CCC(NCc2cnn(C(C)(C)C)c2)CC1. The highest BCUT2D eigenvalue weighted by molar-refractivity contribution is 5.05. The first kappa shape index (κ1) is 13.6. The molecule has 3 heteroatoms. The van der Waals surface area contributed by atoms with E-state index in [0.717, 1.165) is 12.5 Å². The molecule has 0 spiro atoms. The smallest absolute Gasteiger partial charge is 0.0543 e. The van der Waals surface area contributed by atoms with Gasteiger partial charge >= 0.3 is 0 Å². The van der Waals surface area contributed by atoms with Gasteiger partial charge in [-0.1, -0.05) is 6.92 Å². The predicted molar refractivity (Wildman–Crippen MR) is 75.5 cm³/mol. The van der Waals surface area contributed by atoms with Crippen molar-refractivity contribution in [2.45, 2.75) is 71.5 Å². The summed E-state index contributed by atoms with van der Waals surface area (Å²) in [6.07, 6.45) is 9.56. The van der Waals surface area contributed by atoms with Crippen molar-refractivity contribution in [1.29, 1.82) is 0 Å². The molecule has 1 aliphatic carbocycles. The van der Waals surface area contributed by atoms with E-state index in [4.69, 9.17) is 0 Å².